The van der Waals surface area contributed by atoms with Gasteiger partial charge in [0.05, 0.1) is 6.20 Å². The Labute approximate surface area is 184 Å². The number of nitrogens with two attached hydrogens (primary N) is 1. The molecule has 3 N–H and O–H groups in total. The fourth-order valence-electron chi connectivity index (χ4n) is 4.74. The molecule has 3 aromatic rings. The molecule has 156 valence electrons. The molecule has 5 rings (SSSR count). The van der Waals surface area contributed by atoms with Crippen molar-refractivity contribution in [2.24, 2.45) is 0 Å². The topological polar surface area (TPSA) is 91.4 Å². The van der Waals surface area contributed by atoms with Gasteiger partial charge in [0.15, 0.2) is 5.82 Å². The van der Waals surface area contributed by atoms with Crippen molar-refractivity contribution in [3.63, 3.8) is 0 Å². The van der Waals surface area contributed by atoms with E-state index in [0.717, 1.165) is 37.3 Å². The van der Waals surface area contributed by atoms with Crippen LogP contribution in [0.4, 0.5) is 17.5 Å². The molecule has 0 amide bonds. The fraction of sp³-hybridized carbons (Fsp3) is 0.381. The molecule has 1 spiro atoms. The molecule has 0 radical (unpaired) electrons. The van der Waals surface area contributed by atoms with Crippen molar-refractivity contribution >= 4 is 40.4 Å². The minimum Gasteiger partial charge on any atom is -0.378 e. The van der Waals surface area contributed by atoms with Crippen molar-refractivity contribution in [1.82, 2.24) is 19.9 Å². The quantitative estimate of drug-likeness (QED) is 0.643. The van der Waals surface area contributed by atoms with E-state index in [-0.39, 0.29) is 11.4 Å². The number of benzene rings is 1. The van der Waals surface area contributed by atoms with E-state index in [9.17, 15) is 5.11 Å². The van der Waals surface area contributed by atoms with Crippen LogP contribution in [-0.2, 0) is 11.0 Å². The van der Waals surface area contributed by atoms with Crippen LogP contribution in [0.15, 0.2) is 36.0 Å². The van der Waals surface area contributed by atoms with E-state index in [4.69, 9.17) is 17.3 Å². The Hall–Kier alpha value is -2.26. The summed E-state index contributed by atoms with van der Waals surface area (Å²) in [4.78, 5) is 17.3. The molecular weight excluding hydrogens is 420 g/mol. The van der Waals surface area contributed by atoms with Crippen molar-refractivity contribution < 1.29 is 5.11 Å². The van der Waals surface area contributed by atoms with Gasteiger partial charge in [-0.1, -0.05) is 23.7 Å². The third-order valence-corrected chi connectivity index (χ3v) is 7.53. The molecule has 0 saturated carbocycles. The van der Waals surface area contributed by atoms with Gasteiger partial charge >= 0.3 is 0 Å². The molecule has 0 aliphatic carbocycles. The molecule has 4 heterocycles. The lowest BCUT2D eigenvalue weighted by Gasteiger charge is -2.25. The first-order valence-corrected chi connectivity index (χ1v) is 11.1. The van der Waals surface area contributed by atoms with Crippen molar-refractivity contribution in [2.45, 2.75) is 24.4 Å². The molecule has 1 saturated heterocycles. The van der Waals surface area contributed by atoms with E-state index >= 15 is 0 Å². The summed E-state index contributed by atoms with van der Waals surface area (Å²) >= 11 is 7.93. The van der Waals surface area contributed by atoms with Gasteiger partial charge in [-0.15, -0.1) is 11.3 Å². The lowest BCUT2D eigenvalue weighted by molar-refractivity contribution is 0.102. The third-order valence-electron chi connectivity index (χ3n) is 6.28. The van der Waals surface area contributed by atoms with Gasteiger partial charge in [0.25, 0.3) is 0 Å². The average molecular weight is 443 g/mol. The van der Waals surface area contributed by atoms with Crippen LogP contribution in [0.2, 0.25) is 5.02 Å². The molecule has 0 bridgehead atoms. The number of nitrogens with zero attached hydrogens (tertiary/aromatic N) is 5. The monoisotopic (exact) mass is 442 g/mol. The zero-order chi connectivity index (χ0) is 21.1. The van der Waals surface area contributed by atoms with Gasteiger partial charge < -0.3 is 20.6 Å². The summed E-state index contributed by atoms with van der Waals surface area (Å²) < 4.78 is 0. The van der Waals surface area contributed by atoms with Gasteiger partial charge in [-0.3, -0.25) is 0 Å². The molecule has 2 atom stereocenters. The highest BCUT2D eigenvalue weighted by Gasteiger charge is 2.48. The Morgan fingerprint density at radius 1 is 1.30 bits per heavy atom. The SMILES string of the molecule is CN1CC[C@@]2(C1)CN(c1nc(N)ncc1Cl)c1cc([C@](C)(O)c3nccs3)ccc12. The number of nitrogen functional groups attached to an aromatic ring is 1. The molecule has 0 unspecified atom stereocenters. The van der Waals surface area contributed by atoms with Crippen LogP contribution >= 0.6 is 22.9 Å². The van der Waals surface area contributed by atoms with E-state index < -0.39 is 5.60 Å². The minimum atomic E-state index is -1.19. The largest absolute Gasteiger partial charge is 0.378 e. The number of hydrogen-bond acceptors (Lipinski definition) is 8. The normalized spacial score (nSPS) is 23.1. The summed E-state index contributed by atoms with van der Waals surface area (Å²) in [5.74, 6) is 0.786. The molecule has 2 aromatic heterocycles. The number of rotatable bonds is 3. The van der Waals surface area contributed by atoms with E-state index in [1.807, 2.05) is 17.5 Å². The van der Waals surface area contributed by atoms with Crippen LogP contribution in [-0.4, -0.2) is 51.6 Å². The highest BCUT2D eigenvalue weighted by Crippen LogP contribution is 2.50. The molecular formula is C21H23ClN6OS. The van der Waals surface area contributed by atoms with Gasteiger partial charge in [-0.2, -0.15) is 4.98 Å². The van der Waals surface area contributed by atoms with Crippen LogP contribution in [0.5, 0.6) is 0 Å². The van der Waals surface area contributed by atoms with Crippen molar-refractivity contribution in [3.05, 3.63) is 57.1 Å². The Kier molecular flexibility index (Phi) is 4.52. The first kappa shape index (κ1) is 19.7. The van der Waals surface area contributed by atoms with Crippen LogP contribution in [0, 0.1) is 0 Å². The summed E-state index contributed by atoms with van der Waals surface area (Å²) in [6.45, 7) is 4.52. The maximum Gasteiger partial charge on any atom is 0.222 e. The van der Waals surface area contributed by atoms with Crippen LogP contribution in [0.3, 0.4) is 0 Å². The smallest absolute Gasteiger partial charge is 0.222 e. The van der Waals surface area contributed by atoms with Gasteiger partial charge in [-0.25, -0.2) is 9.97 Å². The Morgan fingerprint density at radius 3 is 2.83 bits per heavy atom. The molecule has 1 aromatic carbocycles. The fourth-order valence-corrected chi connectivity index (χ4v) is 5.66. The van der Waals surface area contributed by atoms with Crippen molar-refractivity contribution in [1.29, 1.82) is 0 Å². The Bertz CT molecular complexity index is 1100. The van der Waals surface area contributed by atoms with Gasteiger partial charge in [0.2, 0.25) is 5.95 Å². The average Bonchev–Trinajstić information content (AvgIpc) is 3.44. The van der Waals surface area contributed by atoms with E-state index in [2.05, 4.69) is 37.9 Å². The van der Waals surface area contributed by atoms with Crippen molar-refractivity contribution in [2.75, 3.05) is 37.3 Å². The molecule has 1 fully saturated rings. The molecule has 7 nitrogen and oxygen atoms in total. The first-order valence-electron chi connectivity index (χ1n) is 9.82. The van der Waals surface area contributed by atoms with Gasteiger partial charge in [0, 0.05) is 35.8 Å². The zero-order valence-electron chi connectivity index (χ0n) is 16.8. The van der Waals surface area contributed by atoms with E-state index in [1.54, 1.807) is 19.3 Å². The summed E-state index contributed by atoms with van der Waals surface area (Å²) in [5, 5.41) is 14.3. The predicted octanol–water partition coefficient (Wildman–Crippen LogP) is 3.15. The molecule has 2 aliphatic rings. The summed E-state index contributed by atoms with van der Waals surface area (Å²) in [7, 11) is 2.15. The van der Waals surface area contributed by atoms with Crippen LogP contribution < -0.4 is 10.6 Å². The number of likely N-dealkylation sites (tertiary alicyclic amines) is 1. The molecule has 9 heteroatoms. The first-order chi connectivity index (χ1) is 14.3. The number of aromatic nitrogens is 3. The maximum atomic E-state index is 11.3. The summed E-state index contributed by atoms with van der Waals surface area (Å²) in [6.07, 6.45) is 4.30. The second kappa shape index (κ2) is 6.88. The van der Waals surface area contributed by atoms with Gasteiger partial charge in [0.1, 0.15) is 15.6 Å². The number of likely N-dealkylation sites (N-methyl/N-ethyl adjacent to an activating group) is 1. The Balaban J connectivity index is 1.67. The summed E-state index contributed by atoms with van der Waals surface area (Å²) in [5.41, 5.74) is 7.71. The van der Waals surface area contributed by atoms with E-state index in [1.165, 1.54) is 16.9 Å². The number of anilines is 3. The lowest BCUT2D eigenvalue weighted by atomic mass is 9.80. The second-order valence-electron chi connectivity index (χ2n) is 8.40. The predicted molar refractivity (Wildman–Crippen MR) is 119 cm³/mol. The number of thiazole rings is 1. The molecule has 30 heavy (non-hydrogen) atoms. The maximum absolute atomic E-state index is 11.3. The van der Waals surface area contributed by atoms with E-state index in [0.29, 0.717) is 15.8 Å². The zero-order valence-corrected chi connectivity index (χ0v) is 18.4. The van der Waals surface area contributed by atoms with Gasteiger partial charge in [-0.05, 0) is 44.1 Å². The van der Waals surface area contributed by atoms with Crippen molar-refractivity contribution in [3.8, 4) is 0 Å². The van der Waals surface area contributed by atoms with Crippen LogP contribution in [0.25, 0.3) is 0 Å². The number of hydrogen-bond donors (Lipinski definition) is 2. The number of fused-ring (bicyclic) bond motifs is 2. The highest BCUT2D eigenvalue weighted by molar-refractivity contribution is 7.09. The van der Waals surface area contributed by atoms with Crippen LogP contribution in [0.1, 0.15) is 29.5 Å². The number of halogens is 1. The lowest BCUT2D eigenvalue weighted by Crippen LogP contribution is -2.34. The second-order valence-corrected chi connectivity index (χ2v) is 9.70. The molecule has 2 aliphatic heterocycles. The summed E-state index contributed by atoms with van der Waals surface area (Å²) in [6, 6.07) is 6.20. The standard InChI is InChI=1S/C21H23ClN6OS/c1-20(29,18-24-6-8-30-18)13-3-4-14-16(9-13)28(12-21(14)5-7-27(2)11-21)17-15(22)10-25-19(23)26-17/h3-4,6,8-10,29H,5,7,11-12H2,1-2H3,(H2,23,25,26)/t20-,21+/m0/s1. The number of aliphatic hydroxyl groups is 1. The Morgan fingerprint density at radius 2 is 2.13 bits per heavy atom. The highest BCUT2D eigenvalue weighted by atomic mass is 35.5. The third kappa shape index (κ3) is 2.98. The minimum absolute atomic E-state index is 0.0152.